The lowest BCUT2D eigenvalue weighted by molar-refractivity contribution is -0.132. The van der Waals surface area contributed by atoms with Crippen molar-refractivity contribution >= 4 is 16.8 Å². The molecule has 1 aromatic carbocycles. The van der Waals surface area contributed by atoms with Crippen molar-refractivity contribution in [2.24, 2.45) is 0 Å². The van der Waals surface area contributed by atoms with Crippen LogP contribution in [0.5, 0.6) is 5.75 Å². The van der Waals surface area contributed by atoms with Crippen molar-refractivity contribution in [1.29, 1.82) is 0 Å². The van der Waals surface area contributed by atoms with Crippen molar-refractivity contribution in [2.45, 2.75) is 45.6 Å². The maximum Gasteiger partial charge on any atom is 0.230 e. The second-order valence-corrected chi connectivity index (χ2v) is 6.54. The number of methoxy groups -OCH3 is 1. The summed E-state index contributed by atoms with van der Waals surface area (Å²) in [6.07, 6.45) is 2.72. The van der Waals surface area contributed by atoms with Gasteiger partial charge in [-0.05, 0) is 50.8 Å². The van der Waals surface area contributed by atoms with Crippen LogP contribution in [0.3, 0.4) is 0 Å². The lowest BCUT2D eigenvalue weighted by atomic mass is 9.84. The van der Waals surface area contributed by atoms with Gasteiger partial charge in [-0.2, -0.15) is 0 Å². The summed E-state index contributed by atoms with van der Waals surface area (Å²) < 4.78 is 20.6. The number of halogens is 1. The zero-order chi connectivity index (χ0) is 18.0. The second-order valence-electron chi connectivity index (χ2n) is 6.54. The molecular formula is C20H27FN2O2. The van der Waals surface area contributed by atoms with Gasteiger partial charge in [0.25, 0.3) is 0 Å². The molecule has 0 saturated heterocycles. The molecule has 0 radical (unpaired) electrons. The molecule has 0 bridgehead atoms. The van der Waals surface area contributed by atoms with Gasteiger partial charge in [-0.3, -0.25) is 4.79 Å². The molecule has 0 fully saturated rings. The highest BCUT2D eigenvalue weighted by Gasteiger charge is 2.33. The number of ether oxygens (including phenoxy) is 1. The number of fused-ring (bicyclic) bond motifs is 3. The first-order valence-electron chi connectivity index (χ1n) is 9.19. The van der Waals surface area contributed by atoms with Crippen LogP contribution in [0.4, 0.5) is 4.39 Å². The van der Waals surface area contributed by atoms with E-state index in [9.17, 15) is 9.18 Å². The first kappa shape index (κ1) is 17.8. The van der Waals surface area contributed by atoms with Crippen molar-refractivity contribution < 1.29 is 13.9 Å². The van der Waals surface area contributed by atoms with E-state index in [1.807, 2.05) is 36.9 Å². The third-order valence-corrected chi connectivity index (χ3v) is 5.36. The number of nitrogens with zero attached hydrogens (tertiary/aromatic N) is 2. The van der Waals surface area contributed by atoms with Crippen molar-refractivity contribution in [3.05, 3.63) is 29.5 Å². The number of carbonyl (C=O) groups is 1. The highest BCUT2D eigenvalue weighted by molar-refractivity contribution is 5.94. The molecule has 1 atom stereocenters. The highest BCUT2D eigenvalue weighted by atomic mass is 18.2. The molecule has 1 aliphatic carbocycles. The number of aryl methyl sites for hydroxylation is 1. The highest BCUT2D eigenvalue weighted by Crippen LogP contribution is 2.41. The van der Waals surface area contributed by atoms with Crippen molar-refractivity contribution in [3.8, 4) is 5.75 Å². The van der Waals surface area contributed by atoms with Gasteiger partial charge in [0.15, 0.2) is 0 Å². The summed E-state index contributed by atoms with van der Waals surface area (Å²) in [5.74, 6) is 0.829. The van der Waals surface area contributed by atoms with E-state index in [0.717, 1.165) is 60.3 Å². The van der Waals surface area contributed by atoms with Crippen LogP contribution in [-0.2, 0) is 17.8 Å². The number of amides is 1. The van der Waals surface area contributed by atoms with Crippen LogP contribution >= 0.6 is 0 Å². The molecule has 4 nitrogen and oxygen atoms in total. The van der Waals surface area contributed by atoms with E-state index in [2.05, 4.69) is 4.57 Å². The van der Waals surface area contributed by atoms with Gasteiger partial charge in [-0.25, -0.2) is 4.39 Å². The monoisotopic (exact) mass is 345 g/mol. The maximum atomic E-state index is 13.2. The average Bonchev–Trinajstić information content (AvgIpc) is 2.96. The number of rotatable bonds is 6. The summed E-state index contributed by atoms with van der Waals surface area (Å²) in [5.41, 5.74) is 3.20. The van der Waals surface area contributed by atoms with Crippen LogP contribution < -0.4 is 4.74 Å². The smallest absolute Gasteiger partial charge is 0.230 e. The van der Waals surface area contributed by atoms with Crippen molar-refractivity contribution in [2.75, 3.05) is 26.9 Å². The Morgan fingerprint density at radius 2 is 2.12 bits per heavy atom. The summed E-state index contributed by atoms with van der Waals surface area (Å²) in [6.45, 7) is 5.38. The van der Waals surface area contributed by atoms with Crippen LogP contribution in [0.15, 0.2) is 18.2 Å². The Balaban J connectivity index is 2.17. The van der Waals surface area contributed by atoms with Crippen LogP contribution in [-0.4, -0.2) is 42.2 Å². The summed E-state index contributed by atoms with van der Waals surface area (Å²) in [4.78, 5) is 15.0. The molecule has 1 unspecified atom stereocenters. The first-order valence-corrected chi connectivity index (χ1v) is 9.19. The fraction of sp³-hybridized carbons (Fsp3) is 0.550. The van der Waals surface area contributed by atoms with Gasteiger partial charge in [0.05, 0.1) is 25.1 Å². The Morgan fingerprint density at radius 3 is 2.76 bits per heavy atom. The number of aromatic nitrogens is 1. The lowest BCUT2D eigenvalue weighted by Crippen LogP contribution is -2.36. The summed E-state index contributed by atoms with van der Waals surface area (Å²) in [5, 5.41) is 1.06. The molecular weight excluding hydrogens is 318 g/mol. The van der Waals surface area contributed by atoms with Gasteiger partial charge in [-0.15, -0.1) is 0 Å². The third kappa shape index (κ3) is 3.00. The SMILES string of the molecule is CCN(CC)C(=O)C1CCCc2c1c1ccc(OC)cc1n2CC[18F]. The van der Waals surface area contributed by atoms with E-state index in [1.54, 1.807) is 7.11 Å². The molecule has 136 valence electrons. The number of hydrogen-bond donors (Lipinski definition) is 0. The molecule has 1 amide bonds. The predicted molar refractivity (Wildman–Crippen MR) is 98.1 cm³/mol. The van der Waals surface area contributed by atoms with E-state index >= 15 is 0 Å². The number of carbonyl (C=O) groups excluding carboxylic acids is 1. The summed E-state index contributed by atoms with van der Waals surface area (Å²) >= 11 is 0. The molecule has 1 aliphatic rings. The molecule has 0 aliphatic heterocycles. The van der Waals surface area contributed by atoms with Gasteiger partial charge in [0.2, 0.25) is 5.91 Å². The number of benzene rings is 1. The van der Waals surface area contributed by atoms with Crippen molar-refractivity contribution in [1.82, 2.24) is 9.47 Å². The molecule has 1 aromatic heterocycles. The number of hydrogen-bond acceptors (Lipinski definition) is 2. The van der Waals surface area contributed by atoms with Crippen LogP contribution in [0, 0.1) is 0 Å². The van der Waals surface area contributed by atoms with Crippen LogP contribution in [0.2, 0.25) is 0 Å². The largest absolute Gasteiger partial charge is 0.497 e. The van der Waals surface area contributed by atoms with Gasteiger partial charge in [0.1, 0.15) is 12.4 Å². The number of likely N-dealkylation sites (N-methyl/N-ethyl adjacent to an activating group) is 1. The summed E-state index contributed by atoms with van der Waals surface area (Å²) in [6, 6.07) is 5.91. The molecule has 0 N–H and O–H groups in total. The molecule has 1 heterocycles. The van der Waals surface area contributed by atoms with Crippen LogP contribution in [0.25, 0.3) is 10.9 Å². The molecule has 25 heavy (non-hydrogen) atoms. The molecule has 2 aromatic rings. The van der Waals surface area contributed by atoms with E-state index in [1.165, 1.54) is 0 Å². The topological polar surface area (TPSA) is 34.5 Å². The van der Waals surface area contributed by atoms with Gasteiger partial charge in [-0.1, -0.05) is 0 Å². The maximum absolute atomic E-state index is 13.2. The standard InChI is InChI=1S/C20H27FN2O2/c1-4-22(5-2)20(24)16-7-6-8-17-19(16)15-10-9-14(25-3)13-18(15)23(17)12-11-21/h9-10,13,16H,4-8,11-12H2,1-3H3/i21-1. The van der Waals surface area contributed by atoms with Gasteiger partial charge < -0.3 is 14.2 Å². The Morgan fingerprint density at radius 1 is 1.36 bits per heavy atom. The normalized spacial score (nSPS) is 16.7. The van der Waals surface area contributed by atoms with E-state index < -0.39 is 6.67 Å². The van der Waals surface area contributed by atoms with E-state index in [4.69, 9.17) is 4.74 Å². The summed E-state index contributed by atoms with van der Waals surface area (Å²) in [7, 11) is 1.64. The molecule has 5 heteroatoms. The Labute approximate surface area is 148 Å². The van der Waals surface area contributed by atoms with E-state index in [0.29, 0.717) is 6.54 Å². The minimum absolute atomic E-state index is 0.125. The minimum Gasteiger partial charge on any atom is -0.497 e. The van der Waals surface area contributed by atoms with Gasteiger partial charge in [0, 0.05) is 30.2 Å². The molecule has 3 rings (SSSR count). The number of alkyl halides is 1. The fourth-order valence-corrected chi connectivity index (χ4v) is 4.15. The Kier molecular flexibility index (Phi) is 5.30. The lowest BCUT2D eigenvalue weighted by Gasteiger charge is -2.29. The Bertz CT molecular complexity index is 765. The first-order chi connectivity index (χ1) is 12.2. The van der Waals surface area contributed by atoms with Gasteiger partial charge >= 0.3 is 0 Å². The third-order valence-electron chi connectivity index (χ3n) is 5.36. The fourth-order valence-electron chi connectivity index (χ4n) is 4.15. The molecule has 0 saturated carbocycles. The molecule has 0 spiro atoms. The minimum atomic E-state index is -0.415. The Hall–Kier alpha value is -2.04. The quantitative estimate of drug-likeness (QED) is 0.795. The van der Waals surface area contributed by atoms with E-state index in [-0.39, 0.29) is 11.8 Å². The average molecular weight is 345 g/mol. The zero-order valence-electron chi connectivity index (χ0n) is 15.3. The predicted octanol–water partition coefficient (Wildman–Crippen LogP) is 3.91. The zero-order valence-corrected chi connectivity index (χ0v) is 15.3. The van der Waals surface area contributed by atoms with Crippen LogP contribution in [0.1, 0.15) is 43.9 Å². The van der Waals surface area contributed by atoms with Crippen molar-refractivity contribution in [3.63, 3.8) is 0 Å². The second kappa shape index (κ2) is 7.46.